The van der Waals surface area contributed by atoms with E-state index in [0.717, 1.165) is 6.20 Å². The van der Waals surface area contributed by atoms with Gasteiger partial charge in [0.05, 0.1) is 25.2 Å². The molecule has 0 bridgehead atoms. The summed E-state index contributed by atoms with van der Waals surface area (Å²) in [5.74, 6) is 0. The molecule has 1 aromatic heterocycles. The molecule has 6 nitrogen and oxygen atoms in total. The SMILES string of the molecule is N#CCCn1cc(S(N)(=O)=O)cn1. The average molecular weight is 200 g/mol. The summed E-state index contributed by atoms with van der Waals surface area (Å²) < 4.78 is 22.9. The monoisotopic (exact) mass is 200 g/mol. The van der Waals surface area contributed by atoms with Crippen molar-refractivity contribution >= 4 is 10.0 Å². The van der Waals surface area contributed by atoms with Crippen molar-refractivity contribution in [2.24, 2.45) is 5.14 Å². The van der Waals surface area contributed by atoms with Crippen molar-refractivity contribution in [2.75, 3.05) is 0 Å². The molecule has 0 fully saturated rings. The zero-order chi connectivity index (χ0) is 9.90. The molecule has 7 heteroatoms. The lowest BCUT2D eigenvalue weighted by Gasteiger charge is -1.93. The first-order valence-electron chi connectivity index (χ1n) is 3.46. The summed E-state index contributed by atoms with van der Waals surface area (Å²) in [7, 11) is -3.67. The highest BCUT2D eigenvalue weighted by Gasteiger charge is 2.09. The molecule has 0 aliphatic carbocycles. The first-order chi connectivity index (χ1) is 6.04. The zero-order valence-electron chi connectivity index (χ0n) is 6.71. The van der Waals surface area contributed by atoms with Crippen LogP contribution in [0.4, 0.5) is 0 Å². The van der Waals surface area contributed by atoms with Crippen molar-refractivity contribution in [3.05, 3.63) is 12.4 Å². The summed E-state index contributed by atoms with van der Waals surface area (Å²) in [6.07, 6.45) is 2.74. The van der Waals surface area contributed by atoms with Crippen LogP contribution in [0.5, 0.6) is 0 Å². The Bertz CT molecular complexity index is 428. The molecule has 0 aromatic carbocycles. The van der Waals surface area contributed by atoms with Crippen LogP contribution in [0, 0.1) is 11.3 Å². The molecule has 70 valence electrons. The second-order valence-electron chi connectivity index (χ2n) is 2.39. The highest BCUT2D eigenvalue weighted by atomic mass is 32.2. The lowest BCUT2D eigenvalue weighted by Crippen LogP contribution is -2.11. The van der Waals surface area contributed by atoms with Crippen LogP contribution in [0.2, 0.25) is 0 Å². The third-order valence-electron chi connectivity index (χ3n) is 1.39. The van der Waals surface area contributed by atoms with Gasteiger partial charge in [-0.25, -0.2) is 13.6 Å². The number of nitrogens with zero attached hydrogens (tertiary/aromatic N) is 3. The smallest absolute Gasteiger partial charge is 0.241 e. The summed E-state index contributed by atoms with van der Waals surface area (Å²) in [5.41, 5.74) is 0. The Morgan fingerprint density at radius 3 is 2.85 bits per heavy atom. The number of primary sulfonamides is 1. The van der Waals surface area contributed by atoms with Gasteiger partial charge in [-0.3, -0.25) is 4.68 Å². The Kier molecular flexibility index (Phi) is 2.65. The van der Waals surface area contributed by atoms with E-state index in [1.165, 1.54) is 10.9 Å². The molecule has 0 aliphatic rings. The fourth-order valence-corrected chi connectivity index (χ4v) is 1.24. The van der Waals surface area contributed by atoms with Crippen LogP contribution in [0.25, 0.3) is 0 Å². The summed E-state index contributed by atoms with van der Waals surface area (Å²) in [5, 5.41) is 16.8. The van der Waals surface area contributed by atoms with E-state index in [1.54, 1.807) is 0 Å². The molecule has 0 spiro atoms. The number of hydrogen-bond donors (Lipinski definition) is 1. The van der Waals surface area contributed by atoms with E-state index in [9.17, 15) is 8.42 Å². The highest BCUT2D eigenvalue weighted by molar-refractivity contribution is 7.89. The number of hydrogen-bond acceptors (Lipinski definition) is 4. The van der Waals surface area contributed by atoms with Crippen molar-refractivity contribution < 1.29 is 8.42 Å². The molecule has 0 atom stereocenters. The van der Waals surface area contributed by atoms with E-state index in [4.69, 9.17) is 10.4 Å². The summed E-state index contributed by atoms with van der Waals surface area (Å²) >= 11 is 0. The number of aromatic nitrogens is 2. The van der Waals surface area contributed by atoms with Crippen LogP contribution in [-0.4, -0.2) is 18.2 Å². The van der Waals surface area contributed by atoms with E-state index in [1.807, 2.05) is 6.07 Å². The van der Waals surface area contributed by atoms with Gasteiger partial charge < -0.3 is 0 Å². The minimum absolute atomic E-state index is 0.0366. The molecule has 0 aliphatic heterocycles. The zero-order valence-corrected chi connectivity index (χ0v) is 7.53. The Hall–Kier alpha value is -1.39. The topological polar surface area (TPSA) is 102 Å². The van der Waals surface area contributed by atoms with Gasteiger partial charge in [0, 0.05) is 6.20 Å². The van der Waals surface area contributed by atoms with Gasteiger partial charge >= 0.3 is 0 Å². The molecule has 1 rings (SSSR count). The minimum Gasteiger partial charge on any atom is -0.270 e. The van der Waals surface area contributed by atoms with Crippen LogP contribution in [0.1, 0.15) is 6.42 Å². The quantitative estimate of drug-likeness (QED) is 0.706. The number of rotatable bonds is 3. The number of nitrogens with two attached hydrogens (primary N) is 1. The van der Waals surface area contributed by atoms with Crippen molar-refractivity contribution in [3.8, 4) is 6.07 Å². The van der Waals surface area contributed by atoms with Crippen LogP contribution < -0.4 is 5.14 Å². The Morgan fingerprint density at radius 2 is 2.38 bits per heavy atom. The van der Waals surface area contributed by atoms with Gasteiger partial charge in [-0.15, -0.1) is 0 Å². The second-order valence-corrected chi connectivity index (χ2v) is 3.95. The maximum atomic E-state index is 10.8. The molecule has 0 saturated heterocycles. The molecular formula is C6H8N4O2S. The van der Waals surface area contributed by atoms with Gasteiger partial charge in [0.25, 0.3) is 0 Å². The molecule has 0 unspecified atom stereocenters. The maximum absolute atomic E-state index is 10.8. The van der Waals surface area contributed by atoms with Gasteiger partial charge in [0.1, 0.15) is 4.90 Å². The van der Waals surface area contributed by atoms with Crippen LogP contribution >= 0.6 is 0 Å². The third-order valence-corrected chi connectivity index (χ3v) is 2.26. The average Bonchev–Trinajstić information content (AvgIpc) is 2.47. The summed E-state index contributed by atoms with van der Waals surface area (Å²) in [6.45, 7) is 0.367. The van der Waals surface area contributed by atoms with Gasteiger partial charge in [-0.1, -0.05) is 0 Å². The molecular weight excluding hydrogens is 192 g/mol. The Labute approximate surface area is 75.6 Å². The van der Waals surface area contributed by atoms with E-state index in [0.29, 0.717) is 6.54 Å². The van der Waals surface area contributed by atoms with E-state index in [2.05, 4.69) is 5.10 Å². The lowest BCUT2D eigenvalue weighted by molar-refractivity contribution is 0.596. The number of nitriles is 1. The maximum Gasteiger partial charge on any atom is 0.241 e. The van der Waals surface area contributed by atoms with Gasteiger partial charge in [-0.05, 0) is 0 Å². The summed E-state index contributed by atoms with van der Waals surface area (Å²) in [4.78, 5) is -0.0366. The van der Waals surface area contributed by atoms with Crippen molar-refractivity contribution in [1.82, 2.24) is 9.78 Å². The second kappa shape index (κ2) is 3.55. The fourth-order valence-electron chi connectivity index (χ4n) is 0.778. The molecule has 0 radical (unpaired) electrons. The van der Waals surface area contributed by atoms with Crippen molar-refractivity contribution in [3.63, 3.8) is 0 Å². The Morgan fingerprint density at radius 1 is 1.69 bits per heavy atom. The van der Waals surface area contributed by atoms with Crippen molar-refractivity contribution in [2.45, 2.75) is 17.9 Å². The van der Waals surface area contributed by atoms with Gasteiger partial charge in [0.15, 0.2) is 0 Å². The minimum atomic E-state index is -3.67. The predicted octanol–water partition coefficient (Wildman–Crippen LogP) is -0.556. The molecule has 0 saturated carbocycles. The molecule has 13 heavy (non-hydrogen) atoms. The van der Waals surface area contributed by atoms with Gasteiger partial charge in [-0.2, -0.15) is 10.4 Å². The normalized spacial score (nSPS) is 11.1. The van der Waals surface area contributed by atoms with E-state index < -0.39 is 10.0 Å². The standard InChI is InChI=1S/C6H8N4O2S/c7-2-1-3-10-5-6(4-9-10)13(8,11)12/h4-5H,1,3H2,(H2,8,11,12). The number of aryl methyl sites for hydroxylation is 1. The number of sulfonamides is 1. The lowest BCUT2D eigenvalue weighted by atomic mass is 10.5. The fraction of sp³-hybridized carbons (Fsp3) is 0.333. The van der Waals surface area contributed by atoms with E-state index in [-0.39, 0.29) is 11.3 Å². The van der Waals surface area contributed by atoms with Crippen LogP contribution in [-0.2, 0) is 16.6 Å². The molecule has 1 aromatic rings. The summed E-state index contributed by atoms with van der Waals surface area (Å²) in [6, 6.07) is 1.92. The van der Waals surface area contributed by atoms with Crippen LogP contribution in [0.15, 0.2) is 17.3 Å². The first kappa shape index (κ1) is 9.70. The Balaban J connectivity index is 2.83. The third kappa shape index (κ3) is 2.54. The van der Waals surface area contributed by atoms with Gasteiger partial charge in [0.2, 0.25) is 10.0 Å². The largest absolute Gasteiger partial charge is 0.270 e. The van der Waals surface area contributed by atoms with E-state index >= 15 is 0 Å². The molecule has 2 N–H and O–H groups in total. The molecule has 0 amide bonds. The van der Waals surface area contributed by atoms with Crippen molar-refractivity contribution in [1.29, 1.82) is 5.26 Å². The van der Waals surface area contributed by atoms with Crippen LogP contribution in [0.3, 0.4) is 0 Å². The highest BCUT2D eigenvalue weighted by Crippen LogP contribution is 2.03. The predicted molar refractivity (Wildman–Crippen MR) is 43.8 cm³/mol. The first-order valence-corrected chi connectivity index (χ1v) is 5.01. The molecule has 1 heterocycles.